The van der Waals surface area contributed by atoms with Gasteiger partial charge in [0.25, 0.3) is 0 Å². The van der Waals surface area contributed by atoms with Gasteiger partial charge in [0.05, 0.1) is 0 Å². The van der Waals surface area contributed by atoms with Crippen LogP contribution in [-0.2, 0) is 8.85 Å². The summed E-state index contributed by atoms with van der Waals surface area (Å²) in [4.78, 5) is 0. The molecule has 0 bridgehead atoms. The fraction of sp³-hybridized carbons (Fsp3) is 0.333. The summed E-state index contributed by atoms with van der Waals surface area (Å²) in [5, 5.41) is 1.20. The first-order chi connectivity index (χ1) is 6.55. The fourth-order valence-corrected chi connectivity index (χ4v) is 5.28. The summed E-state index contributed by atoms with van der Waals surface area (Å²) < 4.78 is 13.5. The second-order valence-corrected chi connectivity index (χ2v) is 8.44. The molecule has 0 saturated carbocycles. The molecule has 2 nitrogen and oxygen atoms in total. The Kier molecular flexibility index (Phi) is 4.82. The van der Waals surface area contributed by atoms with Crippen LogP contribution < -0.4 is 5.19 Å². The monoisotopic (exact) mass is 434 g/mol. The molecule has 0 aliphatic rings. The van der Waals surface area contributed by atoms with E-state index in [1.165, 1.54) is 12.3 Å². The van der Waals surface area contributed by atoms with Gasteiger partial charge < -0.3 is 8.85 Å². The molecule has 0 fully saturated rings. The van der Waals surface area contributed by atoms with Crippen LogP contribution in [0.3, 0.4) is 0 Å². The maximum absolute atomic E-state index is 5.52. The van der Waals surface area contributed by atoms with Gasteiger partial charge in [0.1, 0.15) is 0 Å². The maximum atomic E-state index is 5.52. The van der Waals surface area contributed by atoms with Crippen molar-refractivity contribution in [2.45, 2.75) is 6.55 Å². The molecule has 0 atom stereocenters. The second-order valence-electron chi connectivity index (χ2n) is 2.96. The predicted octanol–water partition coefficient (Wildman–Crippen LogP) is 2.47. The van der Waals surface area contributed by atoms with E-state index < -0.39 is 8.56 Å². The van der Waals surface area contributed by atoms with Crippen LogP contribution in [0.5, 0.6) is 0 Å². The van der Waals surface area contributed by atoms with Gasteiger partial charge >= 0.3 is 8.56 Å². The molecule has 0 heterocycles. The van der Waals surface area contributed by atoms with E-state index in [0.717, 1.165) is 0 Å². The summed E-state index contributed by atoms with van der Waals surface area (Å²) in [6.07, 6.45) is 0. The Hall–Kier alpha value is 0.817. The van der Waals surface area contributed by atoms with Gasteiger partial charge in [-0.3, -0.25) is 0 Å². The molecule has 1 aromatic carbocycles. The number of halogens is 2. The van der Waals surface area contributed by atoms with E-state index in [9.17, 15) is 0 Å². The van der Waals surface area contributed by atoms with Gasteiger partial charge in [-0.1, -0.05) is 12.1 Å². The fourth-order valence-electron chi connectivity index (χ4n) is 1.16. The van der Waals surface area contributed by atoms with Gasteiger partial charge in [-0.05, 0) is 57.8 Å². The highest BCUT2D eigenvalue weighted by Gasteiger charge is 2.34. The smallest absolute Gasteiger partial charge is 0.369 e. The first-order valence-corrected chi connectivity index (χ1v) is 8.57. The normalized spacial score (nSPS) is 11.8. The van der Waals surface area contributed by atoms with Gasteiger partial charge in [0.2, 0.25) is 0 Å². The van der Waals surface area contributed by atoms with Crippen molar-refractivity contribution in [3.63, 3.8) is 0 Å². The topological polar surface area (TPSA) is 18.5 Å². The molecule has 0 N–H and O–H groups in total. The molecule has 0 unspecified atom stereocenters. The minimum absolute atomic E-state index is 1.20. The third kappa shape index (κ3) is 2.49. The van der Waals surface area contributed by atoms with Gasteiger partial charge in [-0.15, -0.1) is 0 Å². The SMILES string of the molecule is CO[Si](C)(OC)c1cccc(I)c1I. The molecule has 0 saturated heterocycles. The summed E-state index contributed by atoms with van der Waals surface area (Å²) in [6.45, 7) is 2.06. The van der Waals surface area contributed by atoms with E-state index in [1.807, 2.05) is 6.07 Å². The lowest BCUT2D eigenvalue weighted by atomic mass is 10.4. The van der Waals surface area contributed by atoms with Crippen LogP contribution in [0.25, 0.3) is 0 Å². The van der Waals surface area contributed by atoms with Gasteiger partial charge in [-0.25, -0.2) is 0 Å². The Morgan fingerprint density at radius 3 is 2.21 bits per heavy atom. The van der Waals surface area contributed by atoms with Crippen LogP contribution in [0.4, 0.5) is 0 Å². The molecular weight excluding hydrogens is 422 g/mol. The summed E-state index contributed by atoms with van der Waals surface area (Å²) in [5.41, 5.74) is 0. The molecule has 0 amide bonds. The lowest BCUT2D eigenvalue weighted by molar-refractivity contribution is 0.265. The zero-order valence-corrected chi connectivity index (χ0v) is 13.6. The lowest BCUT2D eigenvalue weighted by Crippen LogP contribution is -2.51. The average Bonchev–Trinajstić information content (AvgIpc) is 2.21. The van der Waals surface area contributed by atoms with E-state index in [-0.39, 0.29) is 0 Å². The minimum atomic E-state index is -2.16. The van der Waals surface area contributed by atoms with Crippen LogP contribution >= 0.6 is 45.2 Å². The molecule has 78 valence electrons. The average molecular weight is 434 g/mol. The third-order valence-corrected chi connectivity index (χ3v) is 8.78. The van der Waals surface area contributed by atoms with E-state index in [1.54, 1.807) is 14.2 Å². The van der Waals surface area contributed by atoms with E-state index in [4.69, 9.17) is 8.85 Å². The molecule has 14 heavy (non-hydrogen) atoms. The van der Waals surface area contributed by atoms with Crippen LogP contribution in [0.15, 0.2) is 18.2 Å². The number of benzene rings is 1. The van der Waals surface area contributed by atoms with Crippen molar-refractivity contribution in [1.29, 1.82) is 0 Å². The van der Waals surface area contributed by atoms with E-state index >= 15 is 0 Å². The molecule has 0 aliphatic carbocycles. The molecular formula is C9H12I2O2Si. The molecule has 0 radical (unpaired) electrons. The number of rotatable bonds is 3. The Morgan fingerprint density at radius 1 is 1.14 bits per heavy atom. The first kappa shape index (κ1) is 12.9. The summed E-state index contributed by atoms with van der Waals surface area (Å²) in [6, 6.07) is 6.22. The van der Waals surface area contributed by atoms with Crippen LogP contribution in [0, 0.1) is 7.14 Å². The number of hydrogen-bond acceptors (Lipinski definition) is 2. The zero-order chi connectivity index (χ0) is 10.8. The Labute approximate surface area is 113 Å². The summed E-state index contributed by atoms with van der Waals surface area (Å²) in [5.74, 6) is 0. The first-order valence-electron chi connectivity index (χ1n) is 4.10. The van der Waals surface area contributed by atoms with Crippen LogP contribution in [-0.4, -0.2) is 22.8 Å². The van der Waals surface area contributed by atoms with Crippen molar-refractivity contribution >= 4 is 58.9 Å². The maximum Gasteiger partial charge on any atom is 0.369 e. The van der Waals surface area contributed by atoms with Gasteiger partial charge in [0.15, 0.2) is 0 Å². The quantitative estimate of drug-likeness (QED) is 0.538. The van der Waals surface area contributed by atoms with E-state index in [2.05, 4.69) is 63.9 Å². The molecule has 1 rings (SSSR count). The molecule has 1 aromatic rings. The third-order valence-electron chi connectivity index (χ3n) is 2.22. The highest BCUT2D eigenvalue weighted by molar-refractivity contribution is 14.1. The molecule has 0 aromatic heterocycles. The van der Waals surface area contributed by atoms with E-state index in [0.29, 0.717) is 0 Å². The Bertz CT molecular complexity index is 327. The number of hydrogen-bond donors (Lipinski definition) is 0. The van der Waals surface area contributed by atoms with Gasteiger partial charge in [0, 0.05) is 26.5 Å². The highest BCUT2D eigenvalue weighted by Crippen LogP contribution is 2.17. The highest BCUT2D eigenvalue weighted by atomic mass is 127. The largest absolute Gasteiger partial charge is 0.394 e. The molecule has 0 spiro atoms. The van der Waals surface area contributed by atoms with Crippen molar-refractivity contribution in [3.05, 3.63) is 25.3 Å². The minimum Gasteiger partial charge on any atom is -0.394 e. The molecule has 0 aliphatic heterocycles. The summed E-state index contributed by atoms with van der Waals surface area (Å²) >= 11 is 4.67. The summed E-state index contributed by atoms with van der Waals surface area (Å²) in [7, 11) is 1.27. The van der Waals surface area contributed by atoms with Crippen molar-refractivity contribution in [2.75, 3.05) is 14.2 Å². The van der Waals surface area contributed by atoms with Crippen molar-refractivity contribution in [1.82, 2.24) is 0 Å². The van der Waals surface area contributed by atoms with Crippen LogP contribution in [0.1, 0.15) is 0 Å². The van der Waals surface area contributed by atoms with Gasteiger partial charge in [-0.2, -0.15) is 0 Å². The molecule has 5 heteroatoms. The van der Waals surface area contributed by atoms with Crippen molar-refractivity contribution in [3.8, 4) is 0 Å². The van der Waals surface area contributed by atoms with Crippen molar-refractivity contribution in [2.24, 2.45) is 0 Å². The predicted molar refractivity (Wildman–Crippen MR) is 77.1 cm³/mol. The standard InChI is InChI=1S/C9H12I2O2Si/c1-12-14(3,13-2)8-6-4-5-7(10)9(8)11/h4-6H,1-3H3. The Morgan fingerprint density at radius 2 is 1.71 bits per heavy atom. The van der Waals surface area contributed by atoms with Crippen molar-refractivity contribution < 1.29 is 8.85 Å². The second kappa shape index (κ2) is 5.24. The Balaban J connectivity index is 3.24. The van der Waals surface area contributed by atoms with Crippen LogP contribution in [0.2, 0.25) is 6.55 Å². The zero-order valence-electron chi connectivity index (χ0n) is 8.30. The lowest BCUT2D eigenvalue weighted by Gasteiger charge is -2.24.